The van der Waals surface area contributed by atoms with Crippen molar-refractivity contribution in [2.75, 3.05) is 19.0 Å². The third-order valence-electron chi connectivity index (χ3n) is 2.48. The molecule has 1 heterocycles. The molecule has 2 amide bonds. The fraction of sp³-hybridized carbons (Fsp3) is 0.667. The number of anilines is 1. The third-order valence-corrected chi connectivity index (χ3v) is 3.35. The highest BCUT2D eigenvalue weighted by Crippen LogP contribution is 2.18. The zero-order valence-corrected chi connectivity index (χ0v) is 13.1. The lowest BCUT2D eigenvalue weighted by atomic mass is 10.1. The molecule has 8 nitrogen and oxygen atoms in total. The van der Waals surface area contributed by atoms with Crippen molar-refractivity contribution in [3.8, 4) is 0 Å². The second-order valence-corrected chi connectivity index (χ2v) is 5.93. The third kappa shape index (κ3) is 6.50. The van der Waals surface area contributed by atoms with Crippen molar-refractivity contribution in [3.05, 3.63) is 5.01 Å². The first-order chi connectivity index (χ1) is 9.92. The Kier molecular flexibility index (Phi) is 7.03. The fourth-order valence-corrected chi connectivity index (χ4v) is 2.47. The lowest BCUT2D eigenvalue weighted by Gasteiger charge is -2.13. The number of ether oxygens (including phenoxy) is 1. The van der Waals surface area contributed by atoms with Gasteiger partial charge >= 0.3 is 12.0 Å². The number of hydrogen-bond acceptors (Lipinski definition) is 6. The minimum Gasteiger partial charge on any atom is -0.480 e. The SMILES string of the molecule is COCCC(NC(=O)Nc1nnc(CC(C)C)s1)C(=O)O. The highest BCUT2D eigenvalue weighted by Gasteiger charge is 2.20. The number of nitrogens with zero attached hydrogens (tertiary/aromatic N) is 2. The second-order valence-electron chi connectivity index (χ2n) is 4.87. The van der Waals surface area contributed by atoms with E-state index in [0.29, 0.717) is 11.0 Å². The Hall–Kier alpha value is -1.74. The van der Waals surface area contributed by atoms with Gasteiger partial charge in [-0.05, 0) is 5.92 Å². The first-order valence-corrected chi connectivity index (χ1v) is 7.35. The number of aliphatic carboxylic acids is 1. The maximum atomic E-state index is 11.7. The summed E-state index contributed by atoms with van der Waals surface area (Å²) in [5, 5.41) is 22.8. The van der Waals surface area contributed by atoms with E-state index in [2.05, 4.69) is 34.7 Å². The van der Waals surface area contributed by atoms with Crippen molar-refractivity contribution < 1.29 is 19.4 Å². The number of aromatic nitrogens is 2. The number of methoxy groups -OCH3 is 1. The largest absolute Gasteiger partial charge is 0.480 e. The number of hydrogen-bond donors (Lipinski definition) is 3. The molecule has 118 valence electrons. The van der Waals surface area contributed by atoms with Crippen LogP contribution in [0.3, 0.4) is 0 Å². The van der Waals surface area contributed by atoms with E-state index in [1.807, 2.05) is 0 Å². The van der Waals surface area contributed by atoms with Gasteiger partial charge in [-0.25, -0.2) is 9.59 Å². The van der Waals surface area contributed by atoms with E-state index in [4.69, 9.17) is 9.84 Å². The average Bonchev–Trinajstić information content (AvgIpc) is 2.80. The van der Waals surface area contributed by atoms with Crippen molar-refractivity contribution >= 4 is 28.5 Å². The molecule has 9 heteroatoms. The number of rotatable bonds is 8. The van der Waals surface area contributed by atoms with E-state index < -0.39 is 18.0 Å². The zero-order valence-electron chi connectivity index (χ0n) is 12.3. The molecular formula is C12H20N4O4S. The van der Waals surface area contributed by atoms with E-state index >= 15 is 0 Å². The average molecular weight is 316 g/mol. The Morgan fingerprint density at radius 1 is 1.38 bits per heavy atom. The van der Waals surface area contributed by atoms with Gasteiger partial charge in [-0.3, -0.25) is 5.32 Å². The molecule has 1 atom stereocenters. The Morgan fingerprint density at radius 2 is 2.10 bits per heavy atom. The second kappa shape index (κ2) is 8.53. The minimum atomic E-state index is -1.11. The molecule has 0 aliphatic carbocycles. The summed E-state index contributed by atoms with van der Waals surface area (Å²) in [6.07, 6.45) is 0.973. The summed E-state index contributed by atoms with van der Waals surface area (Å²) in [5.41, 5.74) is 0. The molecule has 0 aliphatic rings. The lowest BCUT2D eigenvalue weighted by molar-refractivity contribution is -0.139. The van der Waals surface area contributed by atoms with Gasteiger partial charge in [0, 0.05) is 26.6 Å². The van der Waals surface area contributed by atoms with Gasteiger partial charge in [-0.2, -0.15) is 0 Å². The van der Waals surface area contributed by atoms with Crippen molar-refractivity contribution in [2.24, 2.45) is 5.92 Å². The van der Waals surface area contributed by atoms with Gasteiger partial charge in [0.05, 0.1) is 0 Å². The molecule has 1 rings (SSSR count). The molecule has 0 saturated heterocycles. The van der Waals surface area contributed by atoms with E-state index in [1.54, 1.807) is 0 Å². The number of carbonyl (C=O) groups is 2. The van der Waals surface area contributed by atoms with Crippen molar-refractivity contribution in [1.82, 2.24) is 15.5 Å². The van der Waals surface area contributed by atoms with Gasteiger partial charge in [0.1, 0.15) is 11.0 Å². The van der Waals surface area contributed by atoms with Gasteiger partial charge in [-0.15, -0.1) is 10.2 Å². The maximum absolute atomic E-state index is 11.7. The van der Waals surface area contributed by atoms with E-state index in [-0.39, 0.29) is 13.0 Å². The van der Waals surface area contributed by atoms with Crippen LogP contribution < -0.4 is 10.6 Å². The van der Waals surface area contributed by atoms with E-state index in [0.717, 1.165) is 11.4 Å². The number of carbonyl (C=O) groups excluding carboxylic acids is 1. The molecule has 0 fully saturated rings. The summed E-state index contributed by atoms with van der Waals surface area (Å²) < 4.78 is 4.81. The Labute approximate surface area is 126 Å². The van der Waals surface area contributed by atoms with Crippen molar-refractivity contribution in [2.45, 2.75) is 32.7 Å². The molecule has 0 spiro atoms. The Bertz CT molecular complexity index is 478. The maximum Gasteiger partial charge on any atom is 0.326 e. The number of amides is 2. The van der Waals surface area contributed by atoms with Gasteiger partial charge in [-0.1, -0.05) is 25.2 Å². The topological polar surface area (TPSA) is 113 Å². The molecule has 21 heavy (non-hydrogen) atoms. The van der Waals surface area contributed by atoms with Crippen molar-refractivity contribution in [3.63, 3.8) is 0 Å². The van der Waals surface area contributed by atoms with E-state index in [1.165, 1.54) is 18.4 Å². The van der Waals surface area contributed by atoms with Crippen LogP contribution in [0.2, 0.25) is 0 Å². The molecular weight excluding hydrogens is 296 g/mol. The molecule has 0 aliphatic heterocycles. The summed E-state index contributed by atoms with van der Waals surface area (Å²) in [6, 6.07) is -1.63. The van der Waals surface area contributed by atoms with Crippen LogP contribution in [-0.2, 0) is 16.0 Å². The Morgan fingerprint density at radius 3 is 2.67 bits per heavy atom. The van der Waals surface area contributed by atoms with Crippen LogP contribution in [0, 0.1) is 5.92 Å². The summed E-state index contributed by atoms with van der Waals surface area (Å²) >= 11 is 1.28. The predicted molar refractivity (Wildman–Crippen MR) is 78.5 cm³/mol. The van der Waals surface area contributed by atoms with Crippen LogP contribution in [0.1, 0.15) is 25.3 Å². The molecule has 3 N–H and O–H groups in total. The number of urea groups is 1. The van der Waals surface area contributed by atoms with Crippen LogP contribution in [0.5, 0.6) is 0 Å². The Balaban J connectivity index is 2.51. The van der Waals surface area contributed by atoms with Gasteiger partial charge in [0.2, 0.25) is 5.13 Å². The summed E-state index contributed by atoms with van der Waals surface area (Å²) in [7, 11) is 1.47. The first kappa shape index (κ1) is 17.3. The summed E-state index contributed by atoms with van der Waals surface area (Å²) in [5.74, 6) is -0.662. The number of carboxylic acid groups (broad SMARTS) is 1. The standard InChI is InChI=1S/C12H20N4O4S/c1-7(2)6-9-15-16-12(21-9)14-11(19)13-8(10(17)18)4-5-20-3/h7-8H,4-6H2,1-3H3,(H,17,18)(H2,13,14,16,19). The molecule has 0 bridgehead atoms. The quantitative estimate of drug-likeness (QED) is 0.667. The molecule has 1 aromatic heterocycles. The van der Waals surface area contributed by atoms with Crippen molar-refractivity contribution in [1.29, 1.82) is 0 Å². The first-order valence-electron chi connectivity index (χ1n) is 6.54. The molecule has 0 saturated carbocycles. The minimum absolute atomic E-state index is 0.188. The molecule has 1 unspecified atom stereocenters. The molecule has 0 aromatic carbocycles. The van der Waals surface area contributed by atoms with Crippen LogP contribution in [-0.4, -0.2) is 47.1 Å². The highest BCUT2D eigenvalue weighted by molar-refractivity contribution is 7.15. The summed E-state index contributed by atoms with van der Waals surface area (Å²) in [6.45, 7) is 4.37. The smallest absolute Gasteiger partial charge is 0.326 e. The van der Waals surface area contributed by atoms with Gasteiger partial charge < -0.3 is 15.2 Å². The highest BCUT2D eigenvalue weighted by atomic mass is 32.1. The fourth-order valence-electron chi connectivity index (χ4n) is 1.52. The van der Waals surface area contributed by atoms with Gasteiger partial charge in [0.25, 0.3) is 0 Å². The number of nitrogens with one attached hydrogen (secondary N) is 2. The normalized spacial score (nSPS) is 12.2. The van der Waals surface area contributed by atoms with Crippen LogP contribution >= 0.6 is 11.3 Å². The summed E-state index contributed by atoms with van der Waals surface area (Å²) in [4.78, 5) is 22.7. The van der Waals surface area contributed by atoms with Crippen LogP contribution in [0.25, 0.3) is 0 Å². The number of carboxylic acids is 1. The van der Waals surface area contributed by atoms with Crippen LogP contribution in [0.4, 0.5) is 9.93 Å². The van der Waals surface area contributed by atoms with Gasteiger partial charge in [0.15, 0.2) is 0 Å². The lowest BCUT2D eigenvalue weighted by Crippen LogP contribution is -2.43. The van der Waals surface area contributed by atoms with E-state index in [9.17, 15) is 9.59 Å². The van der Waals surface area contributed by atoms with Crippen LogP contribution in [0.15, 0.2) is 0 Å². The monoisotopic (exact) mass is 316 g/mol. The molecule has 0 radical (unpaired) electrons. The molecule has 1 aromatic rings. The predicted octanol–water partition coefficient (Wildman–Crippen LogP) is 1.35. The zero-order chi connectivity index (χ0) is 15.8.